The van der Waals surface area contributed by atoms with E-state index in [0.29, 0.717) is 13.0 Å². The van der Waals surface area contributed by atoms with Crippen LogP contribution in [0.3, 0.4) is 0 Å². The van der Waals surface area contributed by atoms with Gasteiger partial charge in [0, 0.05) is 31.5 Å². The van der Waals surface area contributed by atoms with Crippen LogP contribution in [0.1, 0.15) is 59.3 Å². The summed E-state index contributed by atoms with van der Waals surface area (Å²) in [6, 6.07) is 0. The van der Waals surface area contributed by atoms with Crippen LogP contribution in [0.2, 0.25) is 18.1 Å². The average molecular weight is 491 g/mol. The van der Waals surface area contributed by atoms with Crippen LogP contribution < -0.4 is 0 Å². The summed E-state index contributed by atoms with van der Waals surface area (Å²) in [7, 11) is -5.91. The molecule has 1 saturated carbocycles. The first-order valence-electron chi connectivity index (χ1n) is 12.0. The molecule has 9 heteroatoms. The zero-order valence-electron chi connectivity index (χ0n) is 20.3. The highest BCUT2D eigenvalue weighted by molar-refractivity contribution is 7.85. The Labute approximate surface area is 195 Å². The van der Waals surface area contributed by atoms with E-state index in [1.54, 1.807) is 0 Å². The van der Waals surface area contributed by atoms with E-state index in [1.807, 2.05) is 0 Å². The van der Waals surface area contributed by atoms with Crippen LogP contribution in [0.4, 0.5) is 0 Å². The highest BCUT2D eigenvalue weighted by Crippen LogP contribution is 2.43. The first kappa shape index (κ1) is 26.3. The second-order valence-corrected chi connectivity index (χ2v) is 17.4. The molecule has 1 aliphatic carbocycles. The van der Waals surface area contributed by atoms with Crippen molar-refractivity contribution in [3.8, 4) is 0 Å². The van der Waals surface area contributed by atoms with E-state index in [4.69, 9.17) is 23.2 Å². The largest absolute Gasteiger partial charge is 0.416 e. The molecule has 0 aromatic carbocycles. The molecule has 0 aromatic heterocycles. The van der Waals surface area contributed by atoms with Gasteiger partial charge in [-0.05, 0) is 50.2 Å². The van der Waals surface area contributed by atoms with Gasteiger partial charge in [-0.3, -0.25) is 4.55 Å². The summed E-state index contributed by atoms with van der Waals surface area (Å²) in [6.45, 7) is 12.6. The highest BCUT2D eigenvalue weighted by atomic mass is 32.2. The van der Waals surface area contributed by atoms with E-state index in [1.165, 1.54) is 0 Å². The normalized spacial score (nSPS) is 34.3. The first-order valence-corrected chi connectivity index (χ1v) is 16.6. The summed E-state index contributed by atoms with van der Waals surface area (Å²) in [5.41, 5.74) is 0. The molecule has 0 aromatic rings. The maximum Gasteiger partial charge on any atom is 0.264 e. The Morgan fingerprint density at radius 3 is 2.59 bits per heavy atom. The maximum atomic E-state index is 11.2. The quantitative estimate of drug-likeness (QED) is 0.303. The molecule has 32 heavy (non-hydrogen) atoms. The van der Waals surface area contributed by atoms with Crippen molar-refractivity contribution in [1.29, 1.82) is 0 Å². The lowest BCUT2D eigenvalue weighted by Gasteiger charge is -2.38. The lowest BCUT2D eigenvalue weighted by Crippen LogP contribution is -2.44. The minimum atomic E-state index is -4.00. The molecule has 1 N–H and O–H groups in total. The Bertz CT molecular complexity index is 740. The molecule has 186 valence electrons. The second-order valence-electron chi connectivity index (χ2n) is 11.1. The fraction of sp³-hybridized carbons (Fsp3) is 0.913. The van der Waals surface area contributed by atoms with Crippen molar-refractivity contribution in [1.82, 2.24) is 0 Å². The molecule has 1 unspecified atom stereocenters. The predicted molar refractivity (Wildman–Crippen MR) is 127 cm³/mol. The van der Waals surface area contributed by atoms with Crippen molar-refractivity contribution in [2.24, 2.45) is 11.8 Å². The SMILES string of the molecule is CC(C)(C)[Si](C)(C)OC[C@@H]1[C@H]2C=CC[C@H](CCS(=O)(=O)O)O[C@H]2C[C@H]1OC1CCCCO1. The molecule has 0 radical (unpaired) electrons. The van der Waals surface area contributed by atoms with Gasteiger partial charge in [0.2, 0.25) is 0 Å². The highest BCUT2D eigenvalue weighted by Gasteiger charge is 2.47. The Morgan fingerprint density at radius 1 is 1.22 bits per heavy atom. The van der Waals surface area contributed by atoms with Gasteiger partial charge < -0.3 is 18.6 Å². The van der Waals surface area contributed by atoms with Gasteiger partial charge in [-0.2, -0.15) is 8.42 Å². The minimum absolute atomic E-state index is 0.0251. The lowest BCUT2D eigenvalue weighted by molar-refractivity contribution is -0.197. The molecule has 7 nitrogen and oxygen atoms in total. The molecule has 6 atom stereocenters. The van der Waals surface area contributed by atoms with Crippen molar-refractivity contribution in [3.05, 3.63) is 12.2 Å². The average Bonchev–Trinajstić information content (AvgIpc) is 2.86. The van der Waals surface area contributed by atoms with Crippen LogP contribution in [0.15, 0.2) is 12.2 Å². The van der Waals surface area contributed by atoms with E-state index >= 15 is 0 Å². The number of ether oxygens (including phenoxy) is 3. The summed E-state index contributed by atoms with van der Waals surface area (Å²) in [4.78, 5) is 0. The van der Waals surface area contributed by atoms with Crippen molar-refractivity contribution < 1.29 is 31.6 Å². The molecule has 3 rings (SSSR count). The molecule has 2 heterocycles. The molecule has 1 saturated heterocycles. The standard InChI is InChI=1S/C23H42O7SSi/c1-23(2,3)32(4,5)28-16-19-18-10-8-9-17(12-14-31(24,25)26)29-20(18)15-21(19)30-22-11-6-7-13-27-22/h8,10,17-22H,6-7,9,11-16H2,1-5H3,(H,24,25,26)/t17-,18-,19-,20+,21-,22?/m1/s1. The topological polar surface area (TPSA) is 91.3 Å². The molecule has 2 aliphatic heterocycles. The fourth-order valence-electron chi connectivity index (χ4n) is 4.56. The van der Waals surface area contributed by atoms with Crippen LogP contribution in [0.5, 0.6) is 0 Å². The molecular formula is C23H42O7SSi. The number of hydrogen-bond donors (Lipinski definition) is 1. The zero-order chi connectivity index (χ0) is 23.6. The lowest BCUT2D eigenvalue weighted by atomic mass is 9.94. The van der Waals surface area contributed by atoms with Crippen molar-refractivity contribution in [3.63, 3.8) is 0 Å². The molecular weight excluding hydrogens is 448 g/mol. The third-order valence-electron chi connectivity index (χ3n) is 7.60. The van der Waals surface area contributed by atoms with Crippen LogP contribution in [0, 0.1) is 11.8 Å². The van der Waals surface area contributed by atoms with Crippen LogP contribution in [-0.2, 0) is 28.8 Å². The van der Waals surface area contributed by atoms with Crippen LogP contribution >= 0.6 is 0 Å². The summed E-state index contributed by atoms with van der Waals surface area (Å²) in [5.74, 6) is 0.0386. The summed E-state index contributed by atoms with van der Waals surface area (Å²) >= 11 is 0. The van der Waals surface area contributed by atoms with Gasteiger partial charge in [-0.25, -0.2) is 0 Å². The van der Waals surface area contributed by atoms with Crippen molar-refractivity contribution in [2.45, 2.75) is 102 Å². The van der Waals surface area contributed by atoms with Gasteiger partial charge in [0.25, 0.3) is 10.1 Å². The van der Waals surface area contributed by atoms with Crippen LogP contribution in [0.25, 0.3) is 0 Å². The maximum absolute atomic E-state index is 11.2. The van der Waals surface area contributed by atoms with E-state index in [-0.39, 0.29) is 53.6 Å². The Morgan fingerprint density at radius 2 is 1.97 bits per heavy atom. The van der Waals surface area contributed by atoms with E-state index in [2.05, 4.69) is 46.0 Å². The first-order chi connectivity index (χ1) is 14.9. The molecule has 3 aliphatic rings. The van der Waals surface area contributed by atoms with Gasteiger partial charge in [0.1, 0.15) is 0 Å². The smallest absolute Gasteiger partial charge is 0.264 e. The molecule has 0 amide bonds. The van der Waals surface area contributed by atoms with Crippen molar-refractivity contribution >= 4 is 18.4 Å². The summed E-state index contributed by atoms with van der Waals surface area (Å²) in [6.07, 6.45) is 8.60. The fourth-order valence-corrected chi connectivity index (χ4v) is 6.17. The molecule has 0 bridgehead atoms. The predicted octanol–water partition coefficient (Wildman–Crippen LogP) is 4.55. The van der Waals surface area contributed by atoms with Crippen LogP contribution in [-0.4, -0.2) is 64.9 Å². The summed E-state index contributed by atoms with van der Waals surface area (Å²) in [5, 5.41) is 0.129. The Balaban J connectivity index is 1.72. The monoisotopic (exact) mass is 490 g/mol. The van der Waals surface area contributed by atoms with E-state index in [0.717, 1.165) is 32.3 Å². The third-order valence-corrected chi connectivity index (χ3v) is 12.8. The van der Waals surface area contributed by atoms with Gasteiger partial charge >= 0.3 is 0 Å². The number of rotatable bonds is 8. The van der Waals surface area contributed by atoms with Gasteiger partial charge in [0.15, 0.2) is 14.6 Å². The third kappa shape index (κ3) is 7.10. The van der Waals surface area contributed by atoms with Crippen molar-refractivity contribution in [2.75, 3.05) is 19.0 Å². The minimum Gasteiger partial charge on any atom is -0.416 e. The van der Waals surface area contributed by atoms with Gasteiger partial charge in [-0.1, -0.05) is 32.9 Å². The molecule has 2 fully saturated rings. The number of hydrogen-bond acceptors (Lipinski definition) is 6. The summed E-state index contributed by atoms with van der Waals surface area (Å²) < 4.78 is 56.9. The Hall–Kier alpha value is -0.293. The molecule has 0 spiro atoms. The van der Waals surface area contributed by atoms with E-state index in [9.17, 15) is 8.42 Å². The number of fused-ring (bicyclic) bond motifs is 1. The second kappa shape index (κ2) is 10.5. The van der Waals surface area contributed by atoms with Gasteiger partial charge in [0.05, 0.1) is 24.1 Å². The van der Waals surface area contributed by atoms with E-state index < -0.39 is 18.4 Å². The Kier molecular flexibility index (Phi) is 8.67. The zero-order valence-corrected chi connectivity index (χ0v) is 22.1. The van der Waals surface area contributed by atoms with Gasteiger partial charge in [-0.15, -0.1) is 0 Å².